The van der Waals surface area contributed by atoms with Gasteiger partial charge in [0.25, 0.3) is 0 Å². The topological polar surface area (TPSA) is 49.8 Å². The Hall–Kier alpha value is -2.12. The van der Waals surface area contributed by atoms with Gasteiger partial charge in [-0.3, -0.25) is 4.90 Å². The monoisotopic (exact) mass is 427 g/mol. The number of nitrogens with zero attached hydrogens (tertiary/aromatic N) is 1. The summed E-state index contributed by atoms with van der Waals surface area (Å²) in [6.45, 7) is 7.63. The fraction of sp³-hybridized carbons (Fsp3) is 0.304. The fourth-order valence-corrected chi connectivity index (χ4v) is 5.13. The predicted octanol–water partition coefficient (Wildman–Crippen LogP) is 6.00. The third kappa shape index (κ3) is 4.12. The molecule has 0 amide bonds. The van der Waals surface area contributed by atoms with Gasteiger partial charge < -0.3 is 13.9 Å². The minimum atomic E-state index is -1.26. The van der Waals surface area contributed by atoms with E-state index in [4.69, 9.17) is 8.83 Å². The second kappa shape index (κ2) is 8.32. The van der Waals surface area contributed by atoms with E-state index in [1.807, 2.05) is 66.2 Å². The molecule has 0 radical (unpaired) electrons. The van der Waals surface area contributed by atoms with Crippen LogP contribution in [0.1, 0.15) is 46.6 Å². The highest BCUT2D eigenvalue weighted by Gasteiger charge is 2.39. The number of furan rings is 2. The molecule has 152 valence electrons. The minimum Gasteiger partial charge on any atom is -0.465 e. The number of hydrogen-bond donors (Lipinski definition) is 1. The zero-order valence-corrected chi connectivity index (χ0v) is 18.4. The van der Waals surface area contributed by atoms with E-state index in [0.717, 1.165) is 27.0 Å². The van der Waals surface area contributed by atoms with E-state index in [2.05, 4.69) is 18.7 Å². The number of hydrogen-bond acceptors (Lipinski definition) is 6. The summed E-state index contributed by atoms with van der Waals surface area (Å²) in [5.74, 6) is 3.23. The molecule has 0 aromatic carbocycles. The highest BCUT2D eigenvalue weighted by Crippen LogP contribution is 2.41. The fourth-order valence-electron chi connectivity index (χ4n) is 3.38. The third-order valence-corrected chi connectivity index (χ3v) is 6.98. The first-order chi connectivity index (χ1) is 14.0. The third-order valence-electron chi connectivity index (χ3n) is 5.02. The summed E-state index contributed by atoms with van der Waals surface area (Å²) in [6, 6.07) is 16.0. The molecule has 0 aliphatic heterocycles. The van der Waals surface area contributed by atoms with Gasteiger partial charge in [-0.15, -0.1) is 22.7 Å². The summed E-state index contributed by atoms with van der Waals surface area (Å²) >= 11 is 3.06. The van der Waals surface area contributed by atoms with Crippen LogP contribution in [0.2, 0.25) is 0 Å². The lowest BCUT2D eigenvalue weighted by Gasteiger charge is -2.25. The molecule has 0 fully saturated rings. The second-order valence-corrected chi connectivity index (χ2v) is 9.34. The molecule has 0 spiro atoms. The lowest BCUT2D eigenvalue weighted by molar-refractivity contribution is 0.100. The van der Waals surface area contributed by atoms with Crippen molar-refractivity contribution >= 4 is 22.7 Å². The molecular weight excluding hydrogens is 402 g/mol. The van der Waals surface area contributed by atoms with Crippen molar-refractivity contribution < 1.29 is 13.9 Å². The average molecular weight is 428 g/mol. The first kappa shape index (κ1) is 20.2. The Morgan fingerprint density at radius 3 is 1.97 bits per heavy atom. The summed E-state index contributed by atoms with van der Waals surface area (Å²) in [7, 11) is 0. The molecule has 4 aromatic rings. The Labute approximate surface area is 179 Å². The molecule has 4 heterocycles. The number of aliphatic hydroxyl groups is 1. The van der Waals surface area contributed by atoms with Crippen molar-refractivity contribution in [3.63, 3.8) is 0 Å². The van der Waals surface area contributed by atoms with Crippen molar-refractivity contribution in [3.05, 3.63) is 92.1 Å². The number of thiophene rings is 2. The van der Waals surface area contributed by atoms with Crippen molar-refractivity contribution in [1.82, 2.24) is 4.90 Å². The van der Waals surface area contributed by atoms with E-state index >= 15 is 0 Å². The van der Waals surface area contributed by atoms with Crippen LogP contribution in [0.5, 0.6) is 0 Å². The lowest BCUT2D eigenvalue weighted by atomic mass is 9.97. The molecule has 0 atom stereocenters. The first-order valence-electron chi connectivity index (χ1n) is 9.65. The van der Waals surface area contributed by atoms with Gasteiger partial charge in [-0.05, 0) is 67.9 Å². The zero-order valence-electron chi connectivity index (χ0n) is 16.8. The molecule has 0 saturated heterocycles. The Bertz CT molecular complexity index is 994. The summed E-state index contributed by atoms with van der Waals surface area (Å²) in [4.78, 5) is 4.00. The van der Waals surface area contributed by atoms with Gasteiger partial charge in [0.1, 0.15) is 23.0 Å². The Morgan fingerprint density at radius 1 is 0.897 bits per heavy atom. The lowest BCUT2D eigenvalue weighted by Crippen LogP contribution is -2.29. The highest BCUT2D eigenvalue weighted by atomic mass is 32.1. The Morgan fingerprint density at radius 2 is 1.48 bits per heavy atom. The molecule has 29 heavy (non-hydrogen) atoms. The van der Waals surface area contributed by atoms with Gasteiger partial charge in [0.05, 0.1) is 13.1 Å². The molecule has 6 heteroatoms. The molecule has 4 nitrogen and oxygen atoms in total. The van der Waals surface area contributed by atoms with Crippen molar-refractivity contribution in [2.45, 2.75) is 45.5 Å². The maximum absolute atomic E-state index is 11.7. The summed E-state index contributed by atoms with van der Waals surface area (Å²) in [6.07, 6.45) is 0. The van der Waals surface area contributed by atoms with Crippen LogP contribution in [-0.4, -0.2) is 16.0 Å². The van der Waals surface area contributed by atoms with Crippen LogP contribution < -0.4 is 0 Å². The molecule has 0 unspecified atom stereocenters. The largest absolute Gasteiger partial charge is 0.465 e. The van der Waals surface area contributed by atoms with Crippen LogP contribution >= 0.6 is 22.7 Å². The van der Waals surface area contributed by atoms with Crippen LogP contribution in [-0.2, 0) is 18.7 Å². The Balaban J connectivity index is 1.60. The van der Waals surface area contributed by atoms with Crippen molar-refractivity contribution in [2.24, 2.45) is 0 Å². The summed E-state index contributed by atoms with van der Waals surface area (Å²) in [5, 5.41) is 15.6. The standard InChI is InChI=1S/C23H25NO3S2/c1-16(2)24(14-18-9-8-17(3)26-18)15-19-10-11-20(27-19)23(25,21-6-4-12-28-21)22-7-5-13-29-22/h4-13,16,25H,14-15H2,1-3H3. The smallest absolute Gasteiger partial charge is 0.191 e. The van der Waals surface area contributed by atoms with Crippen LogP contribution in [0.15, 0.2) is 68.1 Å². The highest BCUT2D eigenvalue weighted by molar-refractivity contribution is 7.11. The number of rotatable bonds is 8. The van der Waals surface area contributed by atoms with Gasteiger partial charge in [0.15, 0.2) is 5.60 Å². The van der Waals surface area contributed by atoms with Gasteiger partial charge >= 0.3 is 0 Å². The summed E-state index contributed by atoms with van der Waals surface area (Å²) in [5.41, 5.74) is -1.26. The van der Waals surface area contributed by atoms with E-state index < -0.39 is 5.60 Å². The molecule has 0 aliphatic rings. The van der Waals surface area contributed by atoms with Crippen LogP contribution in [0.4, 0.5) is 0 Å². The second-order valence-electron chi connectivity index (χ2n) is 7.44. The van der Waals surface area contributed by atoms with Crippen LogP contribution in [0, 0.1) is 6.92 Å². The van der Waals surface area contributed by atoms with Crippen molar-refractivity contribution in [2.75, 3.05) is 0 Å². The van der Waals surface area contributed by atoms with Crippen molar-refractivity contribution in [3.8, 4) is 0 Å². The SMILES string of the molecule is Cc1ccc(CN(Cc2ccc(C(O)(c3cccs3)c3cccs3)o2)C(C)C)o1. The quantitative estimate of drug-likeness (QED) is 0.375. The average Bonchev–Trinajstić information content (AvgIpc) is 3.47. The van der Waals surface area contributed by atoms with E-state index in [1.165, 1.54) is 22.7 Å². The number of aryl methyl sites for hydroxylation is 1. The van der Waals surface area contributed by atoms with E-state index in [0.29, 0.717) is 24.9 Å². The normalized spacial score (nSPS) is 12.3. The Kier molecular flexibility index (Phi) is 5.79. The minimum absolute atomic E-state index is 0.322. The van der Waals surface area contributed by atoms with Gasteiger partial charge in [-0.1, -0.05) is 12.1 Å². The molecular formula is C23H25NO3S2. The van der Waals surface area contributed by atoms with Gasteiger partial charge in [0, 0.05) is 15.8 Å². The van der Waals surface area contributed by atoms with Gasteiger partial charge in [-0.2, -0.15) is 0 Å². The van der Waals surface area contributed by atoms with Crippen molar-refractivity contribution in [1.29, 1.82) is 0 Å². The molecule has 0 saturated carbocycles. The molecule has 0 aliphatic carbocycles. The maximum atomic E-state index is 11.7. The maximum Gasteiger partial charge on any atom is 0.191 e. The first-order valence-corrected chi connectivity index (χ1v) is 11.4. The van der Waals surface area contributed by atoms with E-state index in [-0.39, 0.29) is 0 Å². The van der Waals surface area contributed by atoms with Gasteiger partial charge in [-0.25, -0.2) is 0 Å². The van der Waals surface area contributed by atoms with Gasteiger partial charge in [0.2, 0.25) is 0 Å². The molecule has 4 aromatic heterocycles. The van der Waals surface area contributed by atoms with E-state index in [1.54, 1.807) is 0 Å². The van der Waals surface area contributed by atoms with E-state index in [9.17, 15) is 5.11 Å². The molecule has 4 rings (SSSR count). The van der Waals surface area contributed by atoms with Crippen LogP contribution in [0.25, 0.3) is 0 Å². The van der Waals surface area contributed by atoms with Crippen LogP contribution in [0.3, 0.4) is 0 Å². The molecule has 1 N–H and O–H groups in total. The molecule has 0 bridgehead atoms. The predicted molar refractivity (Wildman–Crippen MR) is 117 cm³/mol. The zero-order chi connectivity index (χ0) is 20.4. The summed E-state index contributed by atoms with van der Waals surface area (Å²) < 4.78 is 12.0.